The highest BCUT2D eigenvalue weighted by Crippen LogP contribution is 2.33. The molecule has 1 rings (SSSR count). The molecule has 0 spiro atoms. The molecule has 0 fully saturated rings. The van der Waals surface area contributed by atoms with Gasteiger partial charge in [0.25, 0.3) is 0 Å². The number of nitrogens with zero attached hydrogens (tertiary/aromatic N) is 1. The summed E-state index contributed by atoms with van der Waals surface area (Å²) in [6, 6.07) is 8.68. The Labute approximate surface area is 110 Å². The van der Waals surface area contributed by atoms with Crippen molar-refractivity contribution in [2.75, 3.05) is 27.2 Å². The fraction of sp³-hybridized carbons (Fsp3) is 0.571. The molecule has 96 valence electrons. The molecular weight excluding hydrogens is 228 g/mol. The predicted octanol–water partition coefficient (Wildman–Crippen LogP) is 3.14. The van der Waals surface area contributed by atoms with Gasteiger partial charge in [-0.15, -0.1) is 0 Å². The minimum atomic E-state index is 0.202. The lowest BCUT2D eigenvalue weighted by Gasteiger charge is -2.24. The van der Waals surface area contributed by atoms with E-state index in [1.807, 2.05) is 19.0 Å². The first-order valence-corrected chi connectivity index (χ1v) is 6.85. The lowest BCUT2D eigenvalue weighted by Crippen LogP contribution is -2.23. The van der Waals surface area contributed by atoms with Crippen molar-refractivity contribution in [1.82, 2.24) is 9.62 Å². The Bertz CT molecular complexity index is 344. The molecule has 0 bridgehead atoms. The lowest BCUT2D eigenvalue weighted by atomic mass is 9.87. The van der Waals surface area contributed by atoms with E-state index in [4.69, 9.17) is 0 Å². The monoisotopic (exact) mass is 252 g/mol. The van der Waals surface area contributed by atoms with E-state index >= 15 is 0 Å². The highest BCUT2D eigenvalue weighted by atomic mass is 32.2. The van der Waals surface area contributed by atoms with Gasteiger partial charge in [-0.1, -0.05) is 39.0 Å². The van der Waals surface area contributed by atoms with E-state index in [1.54, 1.807) is 0 Å². The van der Waals surface area contributed by atoms with E-state index in [0.717, 1.165) is 13.1 Å². The van der Waals surface area contributed by atoms with Crippen molar-refractivity contribution in [3.8, 4) is 0 Å². The topological polar surface area (TPSA) is 15.3 Å². The maximum absolute atomic E-state index is 3.17. The van der Waals surface area contributed by atoms with E-state index in [0.29, 0.717) is 0 Å². The van der Waals surface area contributed by atoms with Crippen LogP contribution in [-0.2, 0) is 5.41 Å². The predicted molar refractivity (Wildman–Crippen MR) is 77.6 cm³/mol. The first kappa shape index (κ1) is 14.6. The van der Waals surface area contributed by atoms with Crippen LogP contribution in [0.5, 0.6) is 0 Å². The molecule has 17 heavy (non-hydrogen) atoms. The molecule has 3 heteroatoms. The van der Waals surface area contributed by atoms with E-state index in [-0.39, 0.29) is 5.41 Å². The van der Waals surface area contributed by atoms with Crippen molar-refractivity contribution in [1.29, 1.82) is 0 Å². The van der Waals surface area contributed by atoms with Gasteiger partial charge in [-0.25, -0.2) is 4.31 Å². The molecule has 0 unspecified atom stereocenters. The van der Waals surface area contributed by atoms with Gasteiger partial charge in [0.1, 0.15) is 0 Å². The van der Waals surface area contributed by atoms with Crippen molar-refractivity contribution in [3.63, 3.8) is 0 Å². The van der Waals surface area contributed by atoms with E-state index in [2.05, 4.69) is 61.7 Å². The average molecular weight is 252 g/mol. The molecule has 1 aromatic rings. The Morgan fingerprint density at radius 1 is 1.24 bits per heavy atom. The second-order valence-electron chi connectivity index (χ2n) is 5.29. The molecule has 1 N–H and O–H groups in total. The fourth-order valence-corrected chi connectivity index (χ4v) is 2.78. The molecule has 0 saturated heterocycles. The zero-order valence-corrected chi connectivity index (χ0v) is 12.4. The lowest BCUT2D eigenvalue weighted by molar-refractivity contribution is 0.543. The number of rotatable bonds is 5. The maximum Gasteiger partial charge on any atom is 0.0267 e. The van der Waals surface area contributed by atoms with Crippen molar-refractivity contribution in [3.05, 3.63) is 29.8 Å². The second-order valence-corrected chi connectivity index (χ2v) is 6.54. The third-order valence-corrected chi connectivity index (χ3v) is 3.67. The van der Waals surface area contributed by atoms with Crippen LogP contribution in [0.15, 0.2) is 29.2 Å². The van der Waals surface area contributed by atoms with Gasteiger partial charge in [-0.2, -0.15) is 0 Å². The summed E-state index contributed by atoms with van der Waals surface area (Å²) in [5.41, 5.74) is 1.62. The van der Waals surface area contributed by atoms with Crippen molar-refractivity contribution >= 4 is 11.9 Å². The molecule has 0 aliphatic carbocycles. The van der Waals surface area contributed by atoms with Gasteiger partial charge in [-0.05, 0) is 43.1 Å². The summed E-state index contributed by atoms with van der Waals surface area (Å²) in [6.07, 6.45) is 0. The minimum absolute atomic E-state index is 0.202. The van der Waals surface area contributed by atoms with E-state index in [9.17, 15) is 0 Å². The molecule has 0 radical (unpaired) electrons. The Kier molecular flexibility index (Phi) is 5.50. The molecular formula is C14H24N2S. The number of hydrogen-bond donors (Lipinski definition) is 1. The summed E-state index contributed by atoms with van der Waals surface area (Å²) in [6.45, 7) is 8.85. The van der Waals surface area contributed by atoms with Gasteiger partial charge in [0, 0.05) is 18.0 Å². The molecule has 0 heterocycles. The van der Waals surface area contributed by atoms with Crippen LogP contribution in [0.2, 0.25) is 0 Å². The standard InChI is InChI=1S/C14H24N2S/c1-14(2,3)12-8-6-7-9-13(12)17-16(5)11-10-15-4/h6-9,15H,10-11H2,1-5H3. The van der Waals surface area contributed by atoms with Gasteiger partial charge in [-0.3, -0.25) is 0 Å². The highest BCUT2D eigenvalue weighted by Gasteiger charge is 2.18. The Morgan fingerprint density at radius 2 is 1.88 bits per heavy atom. The van der Waals surface area contributed by atoms with E-state index in [1.165, 1.54) is 10.5 Å². The molecule has 2 nitrogen and oxygen atoms in total. The zero-order valence-electron chi connectivity index (χ0n) is 11.6. The average Bonchev–Trinajstić information content (AvgIpc) is 2.25. The van der Waals surface area contributed by atoms with Gasteiger partial charge >= 0.3 is 0 Å². The van der Waals surface area contributed by atoms with Crippen LogP contribution in [0.1, 0.15) is 26.3 Å². The molecule has 0 atom stereocenters. The van der Waals surface area contributed by atoms with Gasteiger partial charge in [0.2, 0.25) is 0 Å². The van der Waals surface area contributed by atoms with Crippen LogP contribution >= 0.6 is 11.9 Å². The molecule has 0 aromatic heterocycles. The summed E-state index contributed by atoms with van der Waals surface area (Å²) in [4.78, 5) is 1.36. The Hall–Kier alpha value is -0.510. The summed E-state index contributed by atoms with van der Waals surface area (Å²) in [5, 5.41) is 3.17. The Balaban J connectivity index is 2.77. The van der Waals surface area contributed by atoms with Crippen LogP contribution in [0, 0.1) is 0 Å². The minimum Gasteiger partial charge on any atom is -0.318 e. The zero-order chi connectivity index (χ0) is 12.9. The number of likely N-dealkylation sites (N-methyl/N-ethyl adjacent to an activating group) is 2. The summed E-state index contributed by atoms with van der Waals surface area (Å²) >= 11 is 1.83. The Morgan fingerprint density at radius 3 is 2.47 bits per heavy atom. The molecule has 0 saturated carbocycles. The summed E-state index contributed by atoms with van der Waals surface area (Å²) in [5.74, 6) is 0. The molecule has 1 aromatic carbocycles. The maximum atomic E-state index is 3.17. The first-order valence-electron chi connectivity index (χ1n) is 6.08. The summed E-state index contributed by atoms with van der Waals surface area (Å²) in [7, 11) is 4.13. The third-order valence-electron chi connectivity index (χ3n) is 2.63. The summed E-state index contributed by atoms with van der Waals surface area (Å²) < 4.78 is 2.28. The SMILES string of the molecule is CNCCN(C)Sc1ccccc1C(C)(C)C. The molecule has 0 aliphatic heterocycles. The number of benzene rings is 1. The second kappa shape index (κ2) is 6.43. The van der Waals surface area contributed by atoms with Crippen LogP contribution in [0.3, 0.4) is 0 Å². The normalized spacial score (nSPS) is 12.1. The van der Waals surface area contributed by atoms with Crippen LogP contribution in [-0.4, -0.2) is 31.5 Å². The fourth-order valence-electron chi connectivity index (χ4n) is 1.65. The van der Waals surface area contributed by atoms with E-state index < -0.39 is 0 Å². The van der Waals surface area contributed by atoms with Crippen LogP contribution in [0.25, 0.3) is 0 Å². The number of nitrogens with one attached hydrogen (secondary N) is 1. The van der Waals surface area contributed by atoms with Gasteiger partial charge in [0.05, 0.1) is 0 Å². The molecule has 0 aliphatic rings. The molecule has 0 amide bonds. The van der Waals surface area contributed by atoms with Crippen LogP contribution < -0.4 is 5.32 Å². The van der Waals surface area contributed by atoms with Gasteiger partial charge < -0.3 is 5.32 Å². The van der Waals surface area contributed by atoms with Crippen LogP contribution in [0.4, 0.5) is 0 Å². The van der Waals surface area contributed by atoms with Crippen molar-refractivity contribution in [2.24, 2.45) is 0 Å². The smallest absolute Gasteiger partial charge is 0.0267 e. The van der Waals surface area contributed by atoms with Crippen molar-refractivity contribution in [2.45, 2.75) is 31.1 Å². The highest BCUT2D eigenvalue weighted by molar-refractivity contribution is 7.97. The van der Waals surface area contributed by atoms with Crippen molar-refractivity contribution < 1.29 is 0 Å². The third kappa shape index (κ3) is 4.70. The quantitative estimate of drug-likeness (QED) is 0.811. The van der Waals surface area contributed by atoms with Gasteiger partial charge in [0.15, 0.2) is 0 Å². The number of hydrogen-bond acceptors (Lipinski definition) is 3. The first-order chi connectivity index (χ1) is 7.95. The largest absolute Gasteiger partial charge is 0.318 e.